The zero-order chi connectivity index (χ0) is 18.4. The molecule has 2 rings (SSSR count). The fourth-order valence-electron chi connectivity index (χ4n) is 1.97. The van der Waals surface area contributed by atoms with Crippen LogP contribution in [0.4, 0.5) is 5.69 Å². The lowest BCUT2D eigenvalue weighted by atomic mass is 10.2. The van der Waals surface area contributed by atoms with Crippen molar-refractivity contribution >= 4 is 29.3 Å². The van der Waals surface area contributed by atoms with Crippen LogP contribution in [0, 0.1) is 10.1 Å². The minimum Gasteiger partial charge on any atom is -0.467 e. The number of rotatable bonds is 7. The molecule has 8 nitrogen and oxygen atoms in total. The summed E-state index contributed by atoms with van der Waals surface area (Å²) in [6.07, 6.45) is 2.13. The fourth-order valence-corrected chi connectivity index (χ4v) is 2.52. The molecule has 1 aromatic heterocycles. The molecular formula is C16H16N2O6S. The molecule has 0 aliphatic heterocycles. The third-order valence-corrected chi connectivity index (χ3v) is 4.07. The minimum absolute atomic E-state index is 0.00943. The highest BCUT2D eigenvalue weighted by Gasteiger charge is 2.22. The average molecular weight is 364 g/mol. The van der Waals surface area contributed by atoms with Gasteiger partial charge in [-0.1, -0.05) is 0 Å². The lowest BCUT2D eigenvalue weighted by molar-refractivity contribution is -0.387. The molecule has 0 unspecified atom stereocenters. The van der Waals surface area contributed by atoms with Crippen molar-refractivity contribution in [2.45, 2.75) is 24.5 Å². The van der Waals surface area contributed by atoms with E-state index in [1.807, 2.05) is 0 Å². The van der Waals surface area contributed by atoms with E-state index in [4.69, 9.17) is 9.15 Å². The monoisotopic (exact) mass is 364 g/mol. The molecule has 9 heteroatoms. The van der Waals surface area contributed by atoms with Crippen molar-refractivity contribution in [3.05, 3.63) is 58.0 Å². The van der Waals surface area contributed by atoms with Gasteiger partial charge < -0.3 is 14.5 Å². The molecule has 0 fully saturated rings. The fraction of sp³-hybridized carbons (Fsp3) is 0.250. The van der Waals surface area contributed by atoms with Crippen LogP contribution in [-0.4, -0.2) is 29.2 Å². The molecule has 0 saturated carbocycles. The molecule has 0 bridgehead atoms. The molecule has 0 spiro atoms. The van der Waals surface area contributed by atoms with Gasteiger partial charge in [0.2, 0.25) is 0 Å². The maximum atomic E-state index is 12.1. The molecule has 1 N–H and O–H groups in total. The standard InChI is InChI=1S/C16H16N2O6S/c1-10(15(19)17-9-12-4-3-7-23-12)24-16(20)11-5-6-14(25-2)13(8-11)18(21)22/h3-8,10H,9H2,1-2H3,(H,17,19)/t10-/m0/s1. The average Bonchev–Trinajstić information content (AvgIpc) is 3.12. The van der Waals surface area contributed by atoms with Crippen molar-refractivity contribution in [1.82, 2.24) is 5.32 Å². The Morgan fingerprint density at radius 2 is 2.16 bits per heavy atom. The molecule has 0 saturated heterocycles. The highest BCUT2D eigenvalue weighted by atomic mass is 32.2. The number of hydrogen-bond donors (Lipinski definition) is 1. The van der Waals surface area contributed by atoms with Crippen LogP contribution in [0.5, 0.6) is 0 Å². The molecule has 0 aliphatic carbocycles. The number of nitro groups is 1. The Morgan fingerprint density at radius 3 is 2.76 bits per heavy atom. The first kappa shape index (κ1) is 18.5. The van der Waals surface area contributed by atoms with Crippen LogP contribution in [0.2, 0.25) is 0 Å². The quantitative estimate of drug-likeness (QED) is 0.348. The van der Waals surface area contributed by atoms with Gasteiger partial charge in [0.1, 0.15) is 5.76 Å². The summed E-state index contributed by atoms with van der Waals surface area (Å²) in [6, 6.07) is 7.43. The van der Waals surface area contributed by atoms with Gasteiger partial charge in [-0.2, -0.15) is 0 Å². The summed E-state index contributed by atoms with van der Waals surface area (Å²) in [5.74, 6) is -0.744. The Hall–Kier alpha value is -2.81. The van der Waals surface area contributed by atoms with Gasteiger partial charge in [0.15, 0.2) is 6.10 Å². The molecule has 1 heterocycles. The molecule has 1 atom stereocenters. The summed E-state index contributed by atoms with van der Waals surface area (Å²) < 4.78 is 10.1. The van der Waals surface area contributed by atoms with E-state index in [-0.39, 0.29) is 17.8 Å². The van der Waals surface area contributed by atoms with Crippen LogP contribution in [0.1, 0.15) is 23.0 Å². The minimum atomic E-state index is -1.05. The Morgan fingerprint density at radius 1 is 1.40 bits per heavy atom. The predicted molar refractivity (Wildman–Crippen MR) is 90.3 cm³/mol. The van der Waals surface area contributed by atoms with Gasteiger partial charge in [-0.15, -0.1) is 11.8 Å². The Bertz CT molecular complexity index is 775. The van der Waals surface area contributed by atoms with Crippen LogP contribution in [0.25, 0.3) is 0 Å². The summed E-state index contributed by atoms with van der Waals surface area (Å²) in [5, 5.41) is 13.6. The van der Waals surface area contributed by atoms with Gasteiger partial charge in [0.05, 0.1) is 28.2 Å². The van der Waals surface area contributed by atoms with E-state index in [0.29, 0.717) is 10.7 Å². The van der Waals surface area contributed by atoms with Crippen molar-refractivity contribution < 1.29 is 23.7 Å². The molecule has 25 heavy (non-hydrogen) atoms. The van der Waals surface area contributed by atoms with Crippen LogP contribution in [0.15, 0.2) is 45.9 Å². The molecule has 1 aromatic carbocycles. The second-order valence-electron chi connectivity index (χ2n) is 4.99. The van der Waals surface area contributed by atoms with E-state index >= 15 is 0 Å². The summed E-state index contributed by atoms with van der Waals surface area (Å²) >= 11 is 1.20. The number of carbonyl (C=O) groups excluding carboxylic acids is 2. The number of thioether (sulfide) groups is 1. The van der Waals surface area contributed by atoms with Crippen LogP contribution in [0.3, 0.4) is 0 Å². The smallest absolute Gasteiger partial charge is 0.339 e. The summed E-state index contributed by atoms with van der Waals surface area (Å²) in [5.41, 5.74) is -0.174. The Kier molecular flexibility index (Phi) is 6.18. The van der Waals surface area contributed by atoms with Gasteiger partial charge >= 0.3 is 5.97 Å². The first-order chi connectivity index (χ1) is 11.9. The topological polar surface area (TPSA) is 112 Å². The summed E-state index contributed by atoms with van der Waals surface area (Å²) in [4.78, 5) is 35.0. The number of carbonyl (C=O) groups is 2. The predicted octanol–water partition coefficient (Wildman–Crippen LogP) is 2.77. The SMILES string of the molecule is CSc1ccc(C(=O)O[C@@H](C)C(=O)NCc2ccco2)cc1[N+](=O)[O-]. The number of furan rings is 1. The number of nitrogens with zero attached hydrogens (tertiary/aromatic N) is 1. The third kappa shape index (κ3) is 4.83. The number of hydrogen-bond acceptors (Lipinski definition) is 7. The molecule has 0 aliphatic rings. The zero-order valence-electron chi connectivity index (χ0n) is 13.6. The van der Waals surface area contributed by atoms with Gasteiger partial charge in [-0.05, 0) is 37.4 Å². The number of amides is 1. The van der Waals surface area contributed by atoms with Crippen molar-refractivity contribution in [2.75, 3.05) is 6.26 Å². The number of ether oxygens (including phenoxy) is 1. The number of benzene rings is 1. The highest BCUT2D eigenvalue weighted by molar-refractivity contribution is 7.98. The summed E-state index contributed by atoms with van der Waals surface area (Å²) in [7, 11) is 0. The Labute approximate surface area is 147 Å². The summed E-state index contributed by atoms with van der Waals surface area (Å²) in [6.45, 7) is 1.58. The lowest BCUT2D eigenvalue weighted by Gasteiger charge is -2.13. The number of esters is 1. The maximum absolute atomic E-state index is 12.1. The van der Waals surface area contributed by atoms with Gasteiger partial charge in [0.25, 0.3) is 11.6 Å². The van der Waals surface area contributed by atoms with Gasteiger partial charge in [-0.3, -0.25) is 14.9 Å². The van der Waals surface area contributed by atoms with Crippen LogP contribution in [-0.2, 0) is 16.1 Å². The van der Waals surface area contributed by atoms with E-state index in [2.05, 4.69) is 5.32 Å². The first-order valence-electron chi connectivity index (χ1n) is 7.26. The number of nitro benzene ring substituents is 1. The molecule has 1 amide bonds. The lowest BCUT2D eigenvalue weighted by Crippen LogP contribution is -2.35. The zero-order valence-corrected chi connectivity index (χ0v) is 14.4. The van der Waals surface area contributed by atoms with Crippen LogP contribution >= 0.6 is 11.8 Å². The maximum Gasteiger partial charge on any atom is 0.339 e. The van der Waals surface area contributed by atoms with Gasteiger partial charge in [0, 0.05) is 6.07 Å². The van der Waals surface area contributed by atoms with E-state index < -0.39 is 22.9 Å². The van der Waals surface area contributed by atoms with Crippen molar-refractivity contribution in [2.24, 2.45) is 0 Å². The van der Waals surface area contributed by atoms with E-state index in [1.54, 1.807) is 18.4 Å². The van der Waals surface area contributed by atoms with E-state index in [1.165, 1.54) is 37.1 Å². The Balaban J connectivity index is 1.99. The molecule has 2 aromatic rings. The second kappa shape index (κ2) is 8.34. The van der Waals surface area contributed by atoms with Crippen LogP contribution < -0.4 is 5.32 Å². The van der Waals surface area contributed by atoms with E-state index in [0.717, 1.165) is 6.07 Å². The highest BCUT2D eigenvalue weighted by Crippen LogP contribution is 2.28. The van der Waals surface area contributed by atoms with E-state index in [9.17, 15) is 19.7 Å². The van der Waals surface area contributed by atoms with Gasteiger partial charge in [-0.25, -0.2) is 4.79 Å². The molecular weight excluding hydrogens is 348 g/mol. The van der Waals surface area contributed by atoms with Crippen molar-refractivity contribution in [3.63, 3.8) is 0 Å². The third-order valence-electron chi connectivity index (χ3n) is 3.28. The first-order valence-corrected chi connectivity index (χ1v) is 8.48. The molecule has 132 valence electrons. The normalized spacial score (nSPS) is 11.6. The second-order valence-corrected chi connectivity index (χ2v) is 5.84. The largest absolute Gasteiger partial charge is 0.467 e. The number of nitrogens with one attached hydrogen (secondary N) is 1. The van der Waals surface area contributed by atoms with Crippen molar-refractivity contribution in [3.8, 4) is 0 Å². The van der Waals surface area contributed by atoms with Crippen molar-refractivity contribution in [1.29, 1.82) is 0 Å². The molecule has 0 radical (unpaired) electrons.